The van der Waals surface area contributed by atoms with E-state index in [0.29, 0.717) is 6.54 Å². The van der Waals surface area contributed by atoms with E-state index in [1.54, 1.807) is 7.11 Å². The van der Waals surface area contributed by atoms with Gasteiger partial charge < -0.3 is 15.0 Å². The summed E-state index contributed by atoms with van der Waals surface area (Å²) in [5.74, 6) is 1.63. The second kappa shape index (κ2) is 9.74. The summed E-state index contributed by atoms with van der Waals surface area (Å²) >= 11 is 0. The van der Waals surface area contributed by atoms with Crippen LogP contribution in [0.4, 0.5) is 5.82 Å². The predicted octanol–water partition coefficient (Wildman–Crippen LogP) is 3.97. The third-order valence-corrected chi connectivity index (χ3v) is 6.80. The number of benzene rings is 2. The van der Waals surface area contributed by atoms with Crippen LogP contribution in [0.25, 0.3) is 16.6 Å². The number of hydrogen-bond acceptors (Lipinski definition) is 6. The van der Waals surface area contributed by atoms with Crippen LogP contribution in [0.15, 0.2) is 54.6 Å². The highest BCUT2D eigenvalue weighted by Gasteiger charge is 2.28. The Balaban J connectivity index is 1.30. The summed E-state index contributed by atoms with van der Waals surface area (Å²) in [7, 11) is 1.64. The van der Waals surface area contributed by atoms with Gasteiger partial charge in [-0.05, 0) is 44.9 Å². The molecule has 0 unspecified atom stereocenters. The fourth-order valence-electron chi connectivity index (χ4n) is 4.87. The van der Waals surface area contributed by atoms with Crippen LogP contribution in [-0.4, -0.2) is 46.1 Å². The van der Waals surface area contributed by atoms with E-state index in [1.165, 1.54) is 0 Å². The highest BCUT2D eigenvalue weighted by atomic mass is 16.5. The zero-order chi connectivity index (χ0) is 24.4. The maximum atomic E-state index is 12.9. The maximum absolute atomic E-state index is 12.9. The number of carbonyl (C=O) groups excluding carboxylic acids is 1. The molecule has 0 bridgehead atoms. The Morgan fingerprint density at radius 2 is 1.74 bits per heavy atom. The molecule has 1 amide bonds. The topological polar surface area (TPSA) is 85.2 Å². The summed E-state index contributed by atoms with van der Waals surface area (Å²) in [6, 6.07) is 17.9. The molecule has 180 valence electrons. The van der Waals surface area contributed by atoms with Crippen molar-refractivity contribution in [1.29, 1.82) is 0 Å². The van der Waals surface area contributed by atoms with Gasteiger partial charge in [-0.15, -0.1) is 5.10 Å². The first-order chi connectivity index (χ1) is 17.1. The number of aromatic nitrogens is 4. The highest BCUT2D eigenvalue weighted by Crippen LogP contribution is 2.31. The zero-order valence-electron chi connectivity index (χ0n) is 20.4. The van der Waals surface area contributed by atoms with Gasteiger partial charge in [0, 0.05) is 31.1 Å². The van der Waals surface area contributed by atoms with Crippen molar-refractivity contribution in [1.82, 2.24) is 25.3 Å². The van der Waals surface area contributed by atoms with Gasteiger partial charge in [0.25, 0.3) is 0 Å². The molecule has 0 aliphatic carbocycles. The number of carbonyl (C=O) groups is 1. The molecule has 0 saturated carbocycles. The summed E-state index contributed by atoms with van der Waals surface area (Å²) in [4.78, 5) is 15.1. The Hall–Kier alpha value is -3.94. The largest absolute Gasteiger partial charge is 0.496 e. The molecule has 3 heterocycles. The van der Waals surface area contributed by atoms with Crippen LogP contribution in [0.3, 0.4) is 0 Å². The molecular weight excluding hydrogens is 440 g/mol. The van der Waals surface area contributed by atoms with E-state index in [-0.39, 0.29) is 11.8 Å². The second-order valence-electron chi connectivity index (χ2n) is 8.96. The molecule has 1 fully saturated rings. The van der Waals surface area contributed by atoms with Crippen molar-refractivity contribution in [2.75, 3.05) is 25.1 Å². The van der Waals surface area contributed by atoms with Gasteiger partial charge in [-0.3, -0.25) is 4.79 Å². The number of anilines is 1. The van der Waals surface area contributed by atoms with E-state index in [9.17, 15) is 4.79 Å². The minimum atomic E-state index is -0.0292. The number of piperidine rings is 1. The normalized spacial score (nSPS) is 14.3. The highest BCUT2D eigenvalue weighted by molar-refractivity contribution is 5.92. The predicted molar refractivity (Wildman–Crippen MR) is 136 cm³/mol. The first-order valence-corrected chi connectivity index (χ1v) is 12.0. The van der Waals surface area contributed by atoms with Crippen LogP contribution in [0.1, 0.15) is 29.8 Å². The lowest BCUT2D eigenvalue weighted by atomic mass is 9.95. The van der Waals surface area contributed by atoms with Crippen molar-refractivity contribution >= 4 is 22.6 Å². The molecule has 0 spiro atoms. The number of nitrogens with one attached hydrogen (secondary N) is 1. The fraction of sp³-hybridized carbons (Fsp3) is 0.333. The zero-order valence-corrected chi connectivity index (χ0v) is 20.4. The van der Waals surface area contributed by atoms with Crippen LogP contribution in [-0.2, 0) is 11.3 Å². The molecule has 2 aromatic carbocycles. The van der Waals surface area contributed by atoms with E-state index >= 15 is 0 Å². The number of aryl methyl sites for hydroxylation is 2. The van der Waals surface area contributed by atoms with E-state index in [4.69, 9.17) is 9.84 Å². The van der Waals surface area contributed by atoms with Crippen molar-refractivity contribution in [2.24, 2.45) is 5.92 Å². The number of para-hydroxylation sites is 2. The Bertz CT molecular complexity index is 1340. The van der Waals surface area contributed by atoms with E-state index in [0.717, 1.165) is 71.0 Å². The molecule has 2 aromatic heterocycles. The minimum Gasteiger partial charge on any atom is -0.496 e. The first-order valence-electron chi connectivity index (χ1n) is 12.0. The fourth-order valence-corrected chi connectivity index (χ4v) is 4.87. The van der Waals surface area contributed by atoms with E-state index in [2.05, 4.69) is 27.3 Å². The van der Waals surface area contributed by atoms with Crippen LogP contribution in [0.5, 0.6) is 5.75 Å². The number of nitrogens with zero attached hydrogens (tertiary/aromatic N) is 5. The van der Waals surface area contributed by atoms with Crippen molar-refractivity contribution in [3.05, 3.63) is 71.5 Å². The number of fused-ring (bicyclic) bond motifs is 1. The monoisotopic (exact) mass is 470 g/mol. The molecule has 1 aliphatic rings. The number of rotatable bonds is 6. The molecule has 5 rings (SSSR count). The summed E-state index contributed by atoms with van der Waals surface area (Å²) < 4.78 is 7.35. The third-order valence-electron chi connectivity index (χ3n) is 6.80. The number of methoxy groups -OCH3 is 1. The molecule has 8 nitrogen and oxygen atoms in total. The van der Waals surface area contributed by atoms with Gasteiger partial charge in [-0.25, -0.2) is 4.68 Å². The van der Waals surface area contributed by atoms with Crippen LogP contribution < -0.4 is 15.0 Å². The van der Waals surface area contributed by atoms with Gasteiger partial charge in [0.05, 0.1) is 29.6 Å². The number of hydrogen-bond donors (Lipinski definition) is 1. The number of ether oxygens (including phenoxy) is 1. The van der Waals surface area contributed by atoms with Crippen molar-refractivity contribution in [3.8, 4) is 11.4 Å². The molecule has 4 aromatic rings. The van der Waals surface area contributed by atoms with E-state index in [1.807, 2.05) is 66.2 Å². The molecule has 1 saturated heterocycles. The summed E-state index contributed by atoms with van der Waals surface area (Å²) in [5.41, 5.74) is 4.76. The lowest BCUT2D eigenvalue weighted by Crippen LogP contribution is -2.40. The standard InChI is InChI=1S/C27H30N6O2/c1-18-24-19(2)33(22-10-5-4-6-11-22)31-25(24)26(30-29-18)32-15-13-20(14-16-32)27(34)28-17-21-9-7-8-12-23(21)35-3/h4-12,20H,13-17H2,1-3H3,(H,28,34). The number of amides is 1. The Morgan fingerprint density at radius 1 is 1.03 bits per heavy atom. The van der Waals surface area contributed by atoms with Gasteiger partial charge in [-0.2, -0.15) is 10.2 Å². The van der Waals surface area contributed by atoms with Gasteiger partial charge in [0.1, 0.15) is 11.3 Å². The molecule has 0 atom stereocenters. The van der Waals surface area contributed by atoms with E-state index < -0.39 is 0 Å². The average Bonchev–Trinajstić information content (AvgIpc) is 3.26. The molecule has 35 heavy (non-hydrogen) atoms. The Morgan fingerprint density at radius 3 is 2.49 bits per heavy atom. The van der Waals surface area contributed by atoms with Crippen molar-refractivity contribution < 1.29 is 9.53 Å². The average molecular weight is 471 g/mol. The van der Waals surface area contributed by atoms with Crippen LogP contribution in [0, 0.1) is 19.8 Å². The second-order valence-corrected chi connectivity index (χ2v) is 8.96. The molecule has 0 radical (unpaired) electrons. The van der Waals surface area contributed by atoms with Crippen molar-refractivity contribution in [2.45, 2.75) is 33.2 Å². The molecule has 1 N–H and O–H groups in total. The Labute approximate surface area is 204 Å². The van der Waals surface area contributed by atoms with Crippen LogP contribution >= 0.6 is 0 Å². The summed E-state index contributed by atoms with van der Waals surface area (Å²) in [5, 5.41) is 18.0. The summed E-state index contributed by atoms with van der Waals surface area (Å²) in [6.07, 6.45) is 1.51. The Kier molecular flexibility index (Phi) is 6.35. The van der Waals surface area contributed by atoms with Crippen LogP contribution in [0.2, 0.25) is 0 Å². The maximum Gasteiger partial charge on any atom is 0.223 e. The van der Waals surface area contributed by atoms with Gasteiger partial charge in [-0.1, -0.05) is 36.4 Å². The SMILES string of the molecule is COc1ccccc1CNC(=O)C1CCN(c2nnc(C)c3c(C)n(-c4ccccc4)nc23)CC1. The van der Waals surface area contributed by atoms with Gasteiger partial charge >= 0.3 is 0 Å². The lowest BCUT2D eigenvalue weighted by molar-refractivity contribution is -0.125. The molecule has 1 aliphatic heterocycles. The lowest BCUT2D eigenvalue weighted by Gasteiger charge is -2.32. The van der Waals surface area contributed by atoms with Gasteiger partial charge in [0.2, 0.25) is 5.91 Å². The quantitative estimate of drug-likeness (QED) is 0.459. The van der Waals surface area contributed by atoms with Gasteiger partial charge in [0.15, 0.2) is 5.82 Å². The minimum absolute atomic E-state index is 0.0292. The molecule has 8 heteroatoms. The summed E-state index contributed by atoms with van der Waals surface area (Å²) in [6.45, 7) is 5.97. The first kappa shape index (κ1) is 22.8. The van der Waals surface area contributed by atoms with Crippen molar-refractivity contribution in [3.63, 3.8) is 0 Å². The molecular formula is C27H30N6O2. The third kappa shape index (κ3) is 4.43. The smallest absolute Gasteiger partial charge is 0.223 e.